The second-order valence-corrected chi connectivity index (χ2v) is 2.28. The summed E-state index contributed by atoms with van der Waals surface area (Å²) < 4.78 is 35.9. The molecule has 66 valence electrons. The number of hydrogen-bond donors (Lipinski definition) is 1. The third-order valence-corrected chi connectivity index (χ3v) is 1.40. The van der Waals surface area contributed by atoms with Crippen LogP contribution in [0.5, 0.6) is 0 Å². The Morgan fingerprint density at radius 1 is 1.58 bits per heavy atom. The van der Waals surface area contributed by atoms with Crippen LogP contribution in [0.15, 0.2) is 22.4 Å². The molecule has 0 radical (unpaired) electrons. The van der Waals surface area contributed by atoms with Crippen LogP contribution >= 0.6 is 0 Å². The highest BCUT2D eigenvalue weighted by Gasteiger charge is 2.33. The molecule has 0 aliphatic carbocycles. The fourth-order valence-electron chi connectivity index (χ4n) is 0.737. The zero-order valence-electron chi connectivity index (χ0n) is 6.15. The molecule has 0 unspecified atom stereocenters. The van der Waals surface area contributed by atoms with Gasteiger partial charge in [0.05, 0.1) is 17.8 Å². The zero-order valence-corrected chi connectivity index (χ0v) is 6.15. The molecule has 2 N–H and O–H groups in total. The molecule has 1 aliphatic rings. The van der Waals surface area contributed by atoms with E-state index in [9.17, 15) is 13.2 Å². The zero-order chi connectivity index (χ0) is 9.19. The van der Waals surface area contributed by atoms with Gasteiger partial charge in [-0.1, -0.05) is 0 Å². The topological polar surface area (TPSA) is 38.4 Å². The molecule has 0 spiro atoms. The van der Waals surface area contributed by atoms with Crippen molar-refractivity contribution in [1.82, 2.24) is 0 Å². The van der Waals surface area contributed by atoms with Crippen LogP contribution in [0.4, 0.5) is 13.2 Å². The Morgan fingerprint density at radius 3 is 2.58 bits per heavy atom. The SMILES string of the molecule is NCC1=NCC(C(F)(F)F)=C=C1. The molecule has 1 heterocycles. The van der Waals surface area contributed by atoms with Gasteiger partial charge in [0.25, 0.3) is 0 Å². The first kappa shape index (κ1) is 9.03. The average molecular weight is 176 g/mol. The van der Waals surface area contributed by atoms with Gasteiger partial charge in [-0.05, 0) is 0 Å². The second-order valence-electron chi connectivity index (χ2n) is 2.28. The number of nitrogens with two attached hydrogens (primary N) is 1. The second kappa shape index (κ2) is 3.13. The van der Waals surface area contributed by atoms with E-state index in [1.807, 2.05) is 0 Å². The molecule has 2 nitrogen and oxygen atoms in total. The molecule has 12 heavy (non-hydrogen) atoms. The molecule has 1 rings (SSSR count). The summed E-state index contributed by atoms with van der Waals surface area (Å²) in [4.78, 5) is 3.61. The predicted octanol–water partition coefficient (Wildman–Crippen LogP) is 1.04. The number of nitrogens with zero attached hydrogens (tertiary/aromatic N) is 1. The van der Waals surface area contributed by atoms with Crippen LogP contribution in [0.1, 0.15) is 0 Å². The molecule has 1 aliphatic heterocycles. The quantitative estimate of drug-likeness (QED) is 0.595. The number of halogens is 3. The Morgan fingerprint density at radius 2 is 2.25 bits per heavy atom. The van der Waals surface area contributed by atoms with Gasteiger partial charge < -0.3 is 5.73 Å². The smallest absolute Gasteiger partial charge is 0.325 e. The molecular weight excluding hydrogens is 169 g/mol. The van der Waals surface area contributed by atoms with Crippen molar-refractivity contribution >= 4 is 5.71 Å². The third kappa shape index (κ3) is 1.96. The van der Waals surface area contributed by atoms with E-state index in [4.69, 9.17) is 5.73 Å². The van der Waals surface area contributed by atoms with Crippen LogP contribution in [0, 0.1) is 0 Å². The van der Waals surface area contributed by atoms with Gasteiger partial charge >= 0.3 is 6.18 Å². The van der Waals surface area contributed by atoms with Gasteiger partial charge in [-0.25, -0.2) is 0 Å². The van der Waals surface area contributed by atoms with E-state index < -0.39 is 11.7 Å². The molecule has 0 aromatic carbocycles. The first-order valence-corrected chi connectivity index (χ1v) is 3.30. The summed E-state index contributed by atoms with van der Waals surface area (Å²) in [6.45, 7) is -0.218. The van der Waals surface area contributed by atoms with Gasteiger partial charge in [-0.2, -0.15) is 13.2 Å². The van der Waals surface area contributed by atoms with E-state index in [0.29, 0.717) is 5.71 Å². The first-order chi connectivity index (χ1) is 5.54. The summed E-state index contributed by atoms with van der Waals surface area (Å²) in [7, 11) is 0. The Balaban J connectivity index is 2.84. The maximum absolute atomic E-state index is 12.0. The van der Waals surface area contributed by atoms with Gasteiger partial charge in [-0.15, -0.1) is 5.73 Å². The lowest BCUT2D eigenvalue weighted by Gasteiger charge is -2.09. The lowest BCUT2D eigenvalue weighted by Crippen LogP contribution is -2.19. The highest BCUT2D eigenvalue weighted by molar-refractivity contribution is 5.97. The number of aliphatic imine (C=N–C) groups is 1. The summed E-state index contributed by atoms with van der Waals surface area (Å²) in [5.41, 5.74) is 6.98. The van der Waals surface area contributed by atoms with Crippen molar-refractivity contribution in [1.29, 1.82) is 0 Å². The summed E-state index contributed by atoms with van der Waals surface area (Å²) >= 11 is 0. The number of hydrogen-bond acceptors (Lipinski definition) is 2. The number of alkyl halides is 3. The van der Waals surface area contributed by atoms with Crippen LogP contribution in [-0.4, -0.2) is 25.0 Å². The molecule has 0 amide bonds. The molecule has 0 atom stereocenters. The molecule has 0 saturated heterocycles. The summed E-state index contributed by atoms with van der Waals surface area (Å²) in [6, 6.07) is 0. The van der Waals surface area contributed by atoms with Crippen LogP contribution in [0.25, 0.3) is 0 Å². The predicted molar refractivity (Wildman–Crippen MR) is 39.0 cm³/mol. The van der Waals surface area contributed by atoms with Crippen molar-refractivity contribution in [3.05, 3.63) is 17.4 Å². The summed E-state index contributed by atoms with van der Waals surface area (Å²) in [5, 5.41) is 0. The minimum absolute atomic E-state index is 0.151. The van der Waals surface area contributed by atoms with E-state index in [1.54, 1.807) is 0 Å². The normalized spacial score (nSPS) is 17.3. The minimum atomic E-state index is -4.32. The van der Waals surface area contributed by atoms with E-state index in [1.165, 1.54) is 6.08 Å². The lowest BCUT2D eigenvalue weighted by atomic mass is 10.2. The molecule has 0 bridgehead atoms. The maximum atomic E-state index is 12.0. The molecule has 5 heteroatoms. The fourth-order valence-corrected chi connectivity index (χ4v) is 0.737. The van der Waals surface area contributed by atoms with Crippen molar-refractivity contribution in [3.63, 3.8) is 0 Å². The van der Waals surface area contributed by atoms with E-state index in [0.717, 1.165) is 0 Å². The van der Waals surface area contributed by atoms with E-state index in [-0.39, 0.29) is 13.1 Å². The molecule has 0 aromatic heterocycles. The van der Waals surface area contributed by atoms with Crippen molar-refractivity contribution in [2.75, 3.05) is 13.1 Å². The van der Waals surface area contributed by atoms with Gasteiger partial charge in [-0.3, -0.25) is 4.99 Å². The number of rotatable bonds is 1. The Bertz CT molecular complexity index is 269. The van der Waals surface area contributed by atoms with E-state index >= 15 is 0 Å². The Labute approximate surface area is 67.3 Å². The van der Waals surface area contributed by atoms with Crippen LogP contribution < -0.4 is 5.73 Å². The maximum Gasteiger partial charge on any atom is 0.421 e. The Hall–Kier alpha value is -1.06. The van der Waals surface area contributed by atoms with Crippen molar-refractivity contribution in [2.45, 2.75) is 6.18 Å². The van der Waals surface area contributed by atoms with Crippen LogP contribution in [0.3, 0.4) is 0 Å². The van der Waals surface area contributed by atoms with Gasteiger partial charge in [0.15, 0.2) is 0 Å². The molecule has 0 saturated carbocycles. The highest BCUT2D eigenvalue weighted by atomic mass is 19.4. The van der Waals surface area contributed by atoms with Crippen LogP contribution in [-0.2, 0) is 0 Å². The average Bonchev–Trinajstić information content (AvgIpc) is 2.03. The van der Waals surface area contributed by atoms with Gasteiger partial charge in [0.2, 0.25) is 0 Å². The Kier molecular flexibility index (Phi) is 2.35. The fraction of sp³-hybridized carbons (Fsp3) is 0.429. The monoisotopic (exact) mass is 176 g/mol. The van der Waals surface area contributed by atoms with Crippen molar-refractivity contribution < 1.29 is 13.2 Å². The van der Waals surface area contributed by atoms with E-state index in [2.05, 4.69) is 10.7 Å². The van der Waals surface area contributed by atoms with Gasteiger partial charge in [0, 0.05) is 12.6 Å². The molecular formula is C7H7F3N2. The minimum Gasteiger partial charge on any atom is -0.325 e. The van der Waals surface area contributed by atoms with Gasteiger partial charge in [0.1, 0.15) is 0 Å². The summed E-state index contributed by atoms with van der Waals surface area (Å²) in [6.07, 6.45) is -3.15. The largest absolute Gasteiger partial charge is 0.421 e. The first-order valence-electron chi connectivity index (χ1n) is 3.30. The summed E-state index contributed by atoms with van der Waals surface area (Å²) in [5.74, 6) is 0. The lowest BCUT2D eigenvalue weighted by molar-refractivity contribution is -0.0919. The van der Waals surface area contributed by atoms with Crippen molar-refractivity contribution in [3.8, 4) is 0 Å². The third-order valence-electron chi connectivity index (χ3n) is 1.40. The molecule has 0 fully saturated rings. The standard InChI is InChI=1S/C7H7F3N2/c8-7(9,10)5-1-2-6(3-11)12-4-5/h2H,3-4,11H2. The van der Waals surface area contributed by atoms with Crippen molar-refractivity contribution in [2.24, 2.45) is 10.7 Å². The van der Waals surface area contributed by atoms with Crippen LogP contribution in [0.2, 0.25) is 0 Å². The molecule has 0 aromatic rings. The highest BCUT2D eigenvalue weighted by Crippen LogP contribution is 2.25.